The summed E-state index contributed by atoms with van der Waals surface area (Å²) >= 11 is 6.46. The second-order valence-corrected chi connectivity index (χ2v) is 12.2. The molecule has 1 fully saturated rings. The van der Waals surface area contributed by atoms with E-state index in [2.05, 4.69) is 42.5 Å². The minimum Gasteiger partial charge on any atom is -0.457 e. The van der Waals surface area contributed by atoms with E-state index in [1.54, 1.807) is 6.20 Å². The van der Waals surface area contributed by atoms with Crippen LogP contribution in [0.25, 0.3) is 11.0 Å². The highest BCUT2D eigenvalue weighted by molar-refractivity contribution is 6.31. The number of aryl methyl sites for hydroxylation is 1. The quantitative estimate of drug-likeness (QED) is 0.223. The molecule has 0 unspecified atom stereocenters. The summed E-state index contributed by atoms with van der Waals surface area (Å²) in [4.78, 5) is 21.8. The lowest BCUT2D eigenvalue weighted by atomic mass is 9.87. The molecule has 1 aliphatic heterocycles. The molecule has 40 heavy (non-hydrogen) atoms. The first-order chi connectivity index (χ1) is 19.2. The predicted octanol–water partition coefficient (Wildman–Crippen LogP) is 7.35. The van der Waals surface area contributed by atoms with Gasteiger partial charge in [-0.25, -0.2) is 4.98 Å². The zero-order valence-electron chi connectivity index (χ0n) is 23.8. The van der Waals surface area contributed by atoms with Gasteiger partial charge in [-0.15, -0.1) is 0 Å². The van der Waals surface area contributed by atoms with Gasteiger partial charge in [0.15, 0.2) is 0 Å². The zero-order chi connectivity index (χ0) is 28.3. The Balaban J connectivity index is 1.25. The van der Waals surface area contributed by atoms with Crippen LogP contribution in [0.5, 0.6) is 11.5 Å². The number of nitrogens with one attached hydrogen (secondary N) is 2. The van der Waals surface area contributed by atoms with E-state index in [-0.39, 0.29) is 11.2 Å². The molecular weight excluding hydrogens is 522 g/mol. The zero-order valence-corrected chi connectivity index (χ0v) is 24.5. The maximum Gasteiger partial charge on any atom is 0.208 e. The summed E-state index contributed by atoms with van der Waals surface area (Å²) in [6.07, 6.45) is 5.92. The molecule has 0 bridgehead atoms. The minimum absolute atomic E-state index is 0.0691. The topological polar surface area (TPSA) is 81.1 Å². The first-order valence-electron chi connectivity index (χ1n) is 14.0. The van der Waals surface area contributed by atoms with Crippen molar-refractivity contribution in [3.05, 3.63) is 71.0 Å². The second-order valence-electron chi connectivity index (χ2n) is 11.7. The molecule has 210 valence electrons. The highest BCUT2D eigenvalue weighted by Gasteiger charge is 2.19. The highest BCUT2D eigenvalue weighted by Crippen LogP contribution is 2.33. The molecule has 5 rings (SSSR count). The molecule has 3 heterocycles. The largest absolute Gasteiger partial charge is 0.457 e. The van der Waals surface area contributed by atoms with Crippen LogP contribution in [0.1, 0.15) is 57.7 Å². The van der Waals surface area contributed by atoms with Crippen molar-refractivity contribution in [2.45, 2.75) is 58.3 Å². The fourth-order valence-electron chi connectivity index (χ4n) is 5.24. The lowest BCUT2D eigenvalue weighted by Gasteiger charge is -2.22. The van der Waals surface area contributed by atoms with Crippen LogP contribution in [0.4, 0.5) is 11.6 Å². The van der Waals surface area contributed by atoms with Crippen molar-refractivity contribution in [1.29, 1.82) is 0 Å². The van der Waals surface area contributed by atoms with Crippen molar-refractivity contribution >= 4 is 40.1 Å². The first kappa shape index (κ1) is 28.1. The van der Waals surface area contributed by atoms with Gasteiger partial charge in [0.25, 0.3) is 0 Å². The Morgan fingerprint density at radius 2 is 1.88 bits per heavy atom. The number of benzene rings is 2. The highest BCUT2D eigenvalue weighted by atomic mass is 35.5. The normalized spacial score (nSPS) is 14.4. The van der Waals surface area contributed by atoms with Gasteiger partial charge >= 0.3 is 0 Å². The average Bonchev–Trinajstić information content (AvgIpc) is 3.23. The number of nitrogens with zero attached hydrogens (tertiary/aromatic N) is 3. The summed E-state index contributed by atoms with van der Waals surface area (Å²) in [7, 11) is 1.98. The van der Waals surface area contributed by atoms with Gasteiger partial charge in [-0.2, -0.15) is 0 Å². The number of imidazole rings is 1. The molecule has 1 saturated heterocycles. The Bertz CT molecular complexity index is 1500. The first-order valence-corrected chi connectivity index (χ1v) is 14.4. The van der Waals surface area contributed by atoms with Crippen molar-refractivity contribution in [3.8, 4) is 11.5 Å². The van der Waals surface area contributed by atoms with Crippen molar-refractivity contribution in [2.75, 3.05) is 18.4 Å². The number of aromatic nitrogens is 3. The van der Waals surface area contributed by atoms with Crippen LogP contribution in [0.3, 0.4) is 0 Å². The van der Waals surface area contributed by atoms with E-state index < -0.39 is 0 Å². The molecule has 2 N–H and O–H groups in total. The van der Waals surface area contributed by atoms with Gasteiger partial charge in [-0.1, -0.05) is 32.4 Å². The number of carbonyl (C=O) groups is 1. The number of ether oxygens (including phenoxy) is 1. The Labute approximate surface area is 241 Å². The van der Waals surface area contributed by atoms with E-state index >= 15 is 0 Å². The number of halogens is 1. The monoisotopic (exact) mass is 559 g/mol. The summed E-state index contributed by atoms with van der Waals surface area (Å²) < 4.78 is 8.17. The van der Waals surface area contributed by atoms with E-state index in [0.29, 0.717) is 30.3 Å². The molecule has 0 aliphatic carbocycles. The molecule has 0 amide bonds. The molecular formula is C32H38ClN5O2. The van der Waals surface area contributed by atoms with Gasteiger partial charge in [0.1, 0.15) is 17.3 Å². The molecule has 0 spiro atoms. The smallest absolute Gasteiger partial charge is 0.208 e. The van der Waals surface area contributed by atoms with Crippen LogP contribution in [0.15, 0.2) is 54.7 Å². The minimum atomic E-state index is -0.0691. The third kappa shape index (κ3) is 6.83. The van der Waals surface area contributed by atoms with Gasteiger partial charge in [-0.05, 0) is 85.6 Å². The van der Waals surface area contributed by atoms with E-state index in [4.69, 9.17) is 21.3 Å². The van der Waals surface area contributed by atoms with Gasteiger partial charge in [-0.3, -0.25) is 9.78 Å². The molecule has 0 atom stereocenters. The van der Waals surface area contributed by atoms with E-state index in [1.807, 2.05) is 54.1 Å². The number of rotatable bonds is 9. The summed E-state index contributed by atoms with van der Waals surface area (Å²) in [5.41, 5.74) is 4.47. The van der Waals surface area contributed by atoms with Crippen LogP contribution >= 0.6 is 11.6 Å². The summed E-state index contributed by atoms with van der Waals surface area (Å²) in [5.74, 6) is 2.93. The number of piperidine rings is 1. The van der Waals surface area contributed by atoms with E-state index in [0.717, 1.165) is 71.3 Å². The van der Waals surface area contributed by atoms with Crippen molar-refractivity contribution in [1.82, 2.24) is 19.9 Å². The van der Waals surface area contributed by atoms with Crippen molar-refractivity contribution in [3.63, 3.8) is 0 Å². The maximum atomic E-state index is 12.6. The van der Waals surface area contributed by atoms with Crippen LogP contribution in [0.2, 0.25) is 5.02 Å². The molecule has 8 heteroatoms. The molecule has 1 aliphatic rings. The van der Waals surface area contributed by atoms with Crippen LogP contribution in [0, 0.1) is 5.92 Å². The standard InChI is InChI=1S/C32H38ClN5O2/c1-32(2,3)27-19-22(6-9-28(27)33)36-31-37-29-20-25(8-10-30(29)38(31)4)40-26-13-16-35-23(18-26)17-24(39)7-5-21-11-14-34-15-12-21/h6,8-10,13,16,18-21,34H,5,7,11-12,14-15,17H2,1-4H3,(H,36,37). The fourth-order valence-corrected chi connectivity index (χ4v) is 5.64. The summed E-state index contributed by atoms with van der Waals surface area (Å²) in [5, 5.41) is 7.57. The van der Waals surface area contributed by atoms with Crippen LogP contribution in [-0.2, 0) is 23.7 Å². The van der Waals surface area contributed by atoms with E-state index in [1.165, 1.54) is 0 Å². The van der Waals surface area contributed by atoms with Crippen LogP contribution in [-0.4, -0.2) is 33.4 Å². The molecule has 4 aromatic rings. The average molecular weight is 560 g/mol. The molecule has 0 radical (unpaired) electrons. The molecule has 2 aromatic heterocycles. The Morgan fingerprint density at radius 3 is 2.65 bits per heavy atom. The third-order valence-corrected chi connectivity index (χ3v) is 7.90. The van der Waals surface area contributed by atoms with Gasteiger partial charge in [0, 0.05) is 48.9 Å². The second kappa shape index (κ2) is 12.0. The Hall–Kier alpha value is -3.42. The summed E-state index contributed by atoms with van der Waals surface area (Å²) in [6.45, 7) is 8.56. The predicted molar refractivity (Wildman–Crippen MR) is 162 cm³/mol. The van der Waals surface area contributed by atoms with Gasteiger partial charge in [0.2, 0.25) is 5.95 Å². The lowest BCUT2D eigenvalue weighted by molar-refractivity contribution is -0.118. The number of Topliss-reactive ketones (excluding diaryl/α,β-unsaturated/α-hetero) is 1. The SMILES string of the molecule is Cn1c(Nc2ccc(Cl)c(C(C)(C)C)c2)nc2cc(Oc3ccnc(CC(=O)CCC4CCNCC4)c3)ccc21. The number of anilines is 2. The number of hydrogen-bond acceptors (Lipinski definition) is 6. The third-order valence-electron chi connectivity index (χ3n) is 7.57. The number of hydrogen-bond donors (Lipinski definition) is 2. The summed E-state index contributed by atoms with van der Waals surface area (Å²) in [6, 6.07) is 15.5. The number of fused-ring (bicyclic) bond motifs is 1. The van der Waals surface area contributed by atoms with Crippen molar-refractivity contribution < 1.29 is 9.53 Å². The Morgan fingerprint density at radius 1 is 1.10 bits per heavy atom. The Kier molecular flexibility index (Phi) is 8.43. The molecule has 7 nitrogen and oxygen atoms in total. The number of ketones is 1. The van der Waals surface area contributed by atoms with Crippen molar-refractivity contribution in [2.24, 2.45) is 13.0 Å². The van der Waals surface area contributed by atoms with Gasteiger partial charge in [0.05, 0.1) is 16.7 Å². The fraction of sp³-hybridized carbons (Fsp3) is 0.406. The maximum absolute atomic E-state index is 12.6. The molecule has 0 saturated carbocycles. The molecule has 2 aromatic carbocycles. The van der Waals surface area contributed by atoms with Gasteiger partial charge < -0.3 is 19.9 Å². The number of pyridine rings is 1. The van der Waals surface area contributed by atoms with E-state index in [9.17, 15) is 4.79 Å². The lowest BCUT2D eigenvalue weighted by Crippen LogP contribution is -2.28. The van der Waals surface area contributed by atoms with Crippen LogP contribution < -0.4 is 15.4 Å². The number of carbonyl (C=O) groups excluding carboxylic acids is 1.